The van der Waals surface area contributed by atoms with E-state index in [4.69, 9.17) is 0 Å². The number of hydrogen-bond acceptors (Lipinski definition) is 2. The van der Waals surface area contributed by atoms with Crippen LogP contribution in [0, 0.1) is 0 Å². The minimum absolute atomic E-state index is 0.353. The first-order valence-electron chi connectivity index (χ1n) is 4.29. The van der Waals surface area contributed by atoms with Crippen LogP contribution in [0.2, 0.25) is 0 Å². The Bertz CT molecular complexity index is 468. The molecule has 70 valence electrons. The van der Waals surface area contributed by atoms with Crippen LogP contribution < -0.4 is 0 Å². The van der Waals surface area contributed by atoms with Crippen molar-refractivity contribution in [2.75, 3.05) is 0 Å². The summed E-state index contributed by atoms with van der Waals surface area (Å²) in [6, 6.07) is 7.17. The van der Waals surface area contributed by atoms with Gasteiger partial charge in [0.25, 0.3) is 0 Å². The molecule has 0 amide bonds. The van der Waals surface area contributed by atoms with E-state index in [1.807, 2.05) is 12.1 Å². The number of rotatable bonds is 2. The Morgan fingerprint density at radius 3 is 3.00 bits per heavy atom. The molecular formula is C11H9FN2. The van der Waals surface area contributed by atoms with Crippen molar-refractivity contribution in [3.63, 3.8) is 0 Å². The number of allylic oxidation sites excluding steroid dienone is 1. The Kier molecular flexibility index (Phi) is 2.23. The van der Waals surface area contributed by atoms with Gasteiger partial charge in [0.2, 0.25) is 0 Å². The minimum Gasteiger partial charge on any atom is -0.237 e. The largest absolute Gasteiger partial charge is 0.237 e. The van der Waals surface area contributed by atoms with Crippen LogP contribution in [0.1, 0.15) is 11.9 Å². The zero-order valence-corrected chi connectivity index (χ0v) is 7.52. The van der Waals surface area contributed by atoms with Crippen LogP contribution in [-0.4, -0.2) is 9.97 Å². The molecule has 0 aliphatic rings. The van der Waals surface area contributed by atoms with Gasteiger partial charge in [-0.25, -0.2) is 14.4 Å². The maximum Gasteiger partial charge on any atom is 0.160 e. The Labute approximate surface area is 81.1 Å². The molecular weight excluding hydrogens is 179 g/mol. The molecule has 0 N–H and O–H groups in total. The normalized spacial score (nSPS) is 12.6. The molecule has 2 nitrogen and oxygen atoms in total. The average Bonchev–Trinajstić information content (AvgIpc) is 2.27. The van der Waals surface area contributed by atoms with Gasteiger partial charge >= 0.3 is 0 Å². The van der Waals surface area contributed by atoms with Crippen LogP contribution in [0.4, 0.5) is 4.39 Å². The number of aromatic nitrogens is 2. The third kappa shape index (κ3) is 1.48. The predicted octanol–water partition coefficient (Wildman–Crippen LogP) is 2.83. The molecule has 0 fully saturated rings. The van der Waals surface area contributed by atoms with Gasteiger partial charge in [-0.2, -0.15) is 0 Å². The van der Waals surface area contributed by atoms with Crippen molar-refractivity contribution < 1.29 is 4.39 Å². The van der Waals surface area contributed by atoms with Crippen molar-refractivity contribution in [3.05, 3.63) is 48.8 Å². The van der Waals surface area contributed by atoms with Crippen LogP contribution in [0.3, 0.4) is 0 Å². The highest BCUT2D eigenvalue weighted by atomic mass is 19.1. The van der Waals surface area contributed by atoms with Gasteiger partial charge in [-0.05, 0) is 24.3 Å². The second kappa shape index (κ2) is 3.54. The molecule has 2 rings (SSSR count). The lowest BCUT2D eigenvalue weighted by molar-refractivity contribution is 0.407. The van der Waals surface area contributed by atoms with Crippen molar-refractivity contribution in [1.82, 2.24) is 9.97 Å². The highest BCUT2D eigenvalue weighted by molar-refractivity contribution is 5.74. The number of halogens is 1. The minimum atomic E-state index is -1.22. The van der Waals surface area contributed by atoms with Gasteiger partial charge < -0.3 is 0 Å². The van der Waals surface area contributed by atoms with E-state index in [1.165, 1.54) is 6.08 Å². The first-order chi connectivity index (χ1) is 6.81. The fourth-order valence-electron chi connectivity index (χ4n) is 1.24. The number of nitrogens with zero attached hydrogens (tertiary/aromatic N) is 2. The highest BCUT2D eigenvalue weighted by Crippen LogP contribution is 2.18. The van der Waals surface area contributed by atoms with Crippen LogP contribution in [0.25, 0.3) is 11.0 Å². The summed E-state index contributed by atoms with van der Waals surface area (Å²) in [6.45, 7) is 3.38. The van der Waals surface area contributed by atoms with Gasteiger partial charge in [-0.15, -0.1) is 0 Å². The Balaban J connectivity index is 2.56. The molecule has 0 saturated heterocycles. The third-order valence-electron chi connectivity index (χ3n) is 1.98. The lowest BCUT2D eigenvalue weighted by Gasteiger charge is -2.02. The molecule has 0 aliphatic heterocycles. The Hall–Kier alpha value is -1.77. The zero-order chi connectivity index (χ0) is 9.97. The van der Waals surface area contributed by atoms with Crippen molar-refractivity contribution >= 4 is 11.0 Å². The number of alkyl halides is 1. The molecule has 3 heteroatoms. The van der Waals surface area contributed by atoms with E-state index in [-0.39, 0.29) is 0 Å². The van der Waals surface area contributed by atoms with Crippen molar-refractivity contribution in [1.29, 1.82) is 0 Å². The lowest BCUT2D eigenvalue weighted by Crippen LogP contribution is -1.93. The molecule has 14 heavy (non-hydrogen) atoms. The van der Waals surface area contributed by atoms with Crippen molar-refractivity contribution in [3.8, 4) is 0 Å². The first kappa shape index (κ1) is 8.81. The molecule has 1 unspecified atom stereocenters. The lowest BCUT2D eigenvalue weighted by atomic mass is 10.2. The third-order valence-corrected chi connectivity index (χ3v) is 1.98. The SMILES string of the molecule is C=CC(F)c1ccc2cccnc2n1. The zero-order valence-electron chi connectivity index (χ0n) is 7.52. The summed E-state index contributed by atoms with van der Waals surface area (Å²) in [5.74, 6) is 0. The maximum atomic E-state index is 13.2. The molecule has 0 bridgehead atoms. The fraction of sp³-hybridized carbons (Fsp3) is 0.0909. The van der Waals surface area contributed by atoms with E-state index < -0.39 is 6.17 Å². The molecule has 0 radical (unpaired) electrons. The Morgan fingerprint density at radius 2 is 2.21 bits per heavy atom. The summed E-state index contributed by atoms with van der Waals surface area (Å²) in [5, 5.41) is 0.910. The van der Waals surface area contributed by atoms with Crippen LogP contribution in [0.15, 0.2) is 43.1 Å². The summed E-state index contributed by atoms with van der Waals surface area (Å²) < 4.78 is 13.2. The summed E-state index contributed by atoms with van der Waals surface area (Å²) in [4.78, 5) is 8.14. The van der Waals surface area contributed by atoms with E-state index in [0.717, 1.165) is 5.39 Å². The molecule has 2 heterocycles. The summed E-state index contributed by atoms with van der Waals surface area (Å²) in [5.41, 5.74) is 0.917. The van der Waals surface area contributed by atoms with Crippen LogP contribution in [-0.2, 0) is 0 Å². The summed E-state index contributed by atoms with van der Waals surface area (Å²) in [6.07, 6.45) is 1.64. The molecule has 2 aromatic rings. The van der Waals surface area contributed by atoms with Gasteiger partial charge in [0.05, 0.1) is 5.69 Å². The molecule has 0 saturated carbocycles. The fourth-order valence-corrected chi connectivity index (χ4v) is 1.24. The van der Waals surface area contributed by atoms with Gasteiger partial charge in [0, 0.05) is 11.6 Å². The number of pyridine rings is 2. The van der Waals surface area contributed by atoms with Gasteiger partial charge in [0.15, 0.2) is 11.8 Å². The smallest absolute Gasteiger partial charge is 0.160 e. The maximum absolute atomic E-state index is 13.2. The molecule has 2 aromatic heterocycles. The van der Waals surface area contributed by atoms with Gasteiger partial charge in [-0.1, -0.05) is 12.7 Å². The van der Waals surface area contributed by atoms with Gasteiger partial charge in [0.1, 0.15) is 0 Å². The standard InChI is InChI=1S/C11H9FN2/c1-2-9(12)10-6-5-8-4-3-7-13-11(8)14-10/h2-7,9H,1H2. The number of hydrogen-bond donors (Lipinski definition) is 0. The topological polar surface area (TPSA) is 25.8 Å². The van der Waals surface area contributed by atoms with E-state index >= 15 is 0 Å². The highest BCUT2D eigenvalue weighted by Gasteiger charge is 2.06. The monoisotopic (exact) mass is 188 g/mol. The molecule has 1 atom stereocenters. The second-order valence-electron chi connectivity index (χ2n) is 2.92. The van der Waals surface area contributed by atoms with E-state index in [9.17, 15) is 4.39 Å². The average molecular weight is 188 g/mol. The quantitative estimate of drug-likeness (QED) is 0.677. The second-order valence-corrected chi connectivity index (χ2v) is 2.92. The first-order valence-corrected chi connectivity index (χ1v) is 4.29. The van der Waals surface area contributed by atoms with Crippen molar-refractivity contribution in [2.24, 2.45) is 0 Å². The van der Waals surface area contributed by atoms with E-state index in [0.29, 0.717) is 11.3 Å². The summed E-state index contributed by atoms with van der Waals surface area (Å²) in [7, 11) is 0. The predicted molar refractivity (Wildman–Crippen MR) is 53.6 cm³/mol. The molecule has 0 spiro atoms. The number of fused-ring (bicyclic) bond motifs is 1. The molecule has 0 aliphatic carbocycles. The van der Waals surface area contributed by atoms with Gasteiger partial charge in [-0.3, -0.25) is 0 Å². The van der Waals surface area contributed by atoms with E-state index in [2.05, 4.69) is 16.5 Å². The van der Waals surface area contributed by atoms with Crippen molar-refractivity contribution in [2.45, 2.75) is 6.17 Å². The molecule has 0 aromatic carbocycles. The van der Waals surface area contributed by atoms with Crippen LogP contribution in [0.5, 0.6) is 0 Å². The van der Waals surface area contributed by atoms with E-state index in [1.54, 1.807) is 18.3 Å². The summed E-state index contributed by atoms with van der Waals surface area (Å²) >= 11 is 0. The van der Waals surface area contributed by atoms with Crippen LogP contribution >= 0.6 is 0 Å². The Morgan fingerprint density at radius 1 is 1.36 bits per heavy atom.